The molecule has 0 bridgehead atoms. The van der Waals surface area contributed by atoms with Crippen LogP contribution in [0.1, 0.15) is 18.3 Å². The van der Waals surface area contributed by atoms with Crippen LogP contribution in [0.4, 0.5) is 13.2 Å². The van der Waals surface area contributed by atoms with Crippen LogP contribution in [-0.4, -0.2) is 39.3 Å². The third kappa shape index (κ3) is 5.05. The second kappa shape index (κ2) is 7.43. The molecule has 1 N–H and O–H groups in total. The summed E-state index contributed by atoms with van der Waals surface area (Å²) >= 11 is 0. The Labute approximate surface area is 136 Å². The van der Waals surface area contributed by atoms with Crippen LogP contribution in [0, 0.1) is 6.92 Å². The number of alkyl halides is 3. The lowest BCUT2D eigenvalue weighted by Crippen LogP contribution is -2.36. The Kier molecular flexibility index (Phi) is 5.55. The number of carbonyl (C=O) groups excluding carboxylic acids is 1. The Hall–Kier alpha value is -2.42. The monoisotopic (exact) mass is 342 g/mol. The number of hydrogen-bond donors (Lipinski definition) is 1. The number of pyridine rings is 1. The van der Waals surface area contributed by atoms with Crippen LogP contribution in [-0.2, 0) is 16.1 Å². The molecule has 6 nitrogen and oxygen atoms in total. The molecular weight excluding hydrogens is 325 g/mol. The summed E-state index contributed by atoms with van der Waals surface area (Å²) in [5.74, 6) is 0.856. The number of nitrogens with one attached hydrogen (secondary N) is 1. The molecule has 1 amide bonds. The van der Waals surface area contributed by atoms with Crippen molar-refractivity contribution in [3.05, 3.63) is 42.1 Å². The third-order valence-corrected chi connectivity index (χ3v) is 3.21. The topological polar surface area (TPSA) is 69.0 Å². The average Bonchev–Trinajstić information content (AvgIpc) is 2.96. The maximum absolute atomic E-state index is 12.0. The van der Waals surface area contributed by atoms with Crippen LogP contribution in [0.5, 0.6) is 0 Å². The average molecular weight is 342 g/mol. The lowest BCUT2D eigenvalue weighted by Gasteiger charge is -2.14. The van der Waals surface area contributed by atoms with Crippen molar-refractivity contribution in [1.82, 2.24) is 19.9 Å². The van der Waals surface area contributed by atoms with Crippen molar-refractivity contribution in [3.8, 4) is 5.82 Å². The molecule has 2 heterocycles. The standard InChI is InChI=1S/C15H17F3N4O2/c1-10(24-9-15(16,17)18)14(23)21-8-12-3-4-13(20-7-12)22-6-5-19-11(22)2/h3-7,10H,8-9H2,1-2H3,(H,21,23). The number of aromatic nitrogens is 3. The molecule has 0 aromatic carbocycles. The van der Waals surface area contributed by atoms with Crippen molar-refractivity contribution in [2.24, 2.45) is 0 Å². The first-order valence-corrected chi connectivity index (χ1v) is 7.17. The summed E-state index contributed by atoms with van der Waals surface area (Å²) in [5.41, 5.74) is 0.716. The van der Waals surface area contributed by atoms with Gasteiger partial charge in [0, 0.05) is 25.1 Å². The fourth-order valence-corrected chi connectivity index (χ4v) is 1.91. The highest BCUT2D eigenvalue weighted by Gasteiger charge is 2.29. The number of halogens is 3. The molecule has 0 aliphatic rings. The summed E-state index contributed by atoms with van der Waals surface area (Å²) in [5, 5.41) is 2.51. The zero-order valence-electron chi connectivity index (χ0n) is 13.2. The number of imidazole rings is 1. The Bertz CT molecular complexity index is 683. The van der Waals surface area contributed by atoms with E-state index in [1.54, 1.807) is 35.3 Å². The molecule has 0 aliphatic carbocycles. The smallest absolute Gasteiger partial charge is 0.359 e. The van der Waals surface area contributed by atoms with E-state index >= 15 is 0 Å². The van der Waals surface area contributed by atoms with E-state index in [0.717, 1.165) is 5.82 Å². The van der Waals surface area contributed by atoms with E-state index in [2.05, 4.69) is 20.0 Å². The van der Waals surface area contributed by atoms with Crippen molar-refractivity contribution in [2.45, 2.75) is 32.7 Å². The van der Waals surface area contributed by atoms with Crippen LogP contribution in [0.2, 0.25) is 0 Å². The van der Waals surface area contributed by atoms with Gasteiger partial charge in [0.05, 0.1) is 0 Å². The van der Waals surface area contributed by atoms with E-state index in [4.69, 9.17) is 0 Å². The van der Waals surface area contributed by atoms with Gasteiger partial charge in [0.25, 0.3) is 0 Å². The first-order valence-electron chi connectivity index (χ1n) is 7.17. The quantitative estimate of drug-likeness (QED) is 0.873. The highest BCUT2D eigenvalue weighted by molar-refractivity contribution is 5.80. The summed E-state index contributed by atoms with van der Waals surface area (Å²) in [7, 11) is 0. The lowest BCUT2D eigenvalue weighted by atomic mass is 10.2. The molecule has 2 aromatic heterocycles. The van der Waals surface area contributed by atoms with Gasteiger partial charge in [-0.05, 0) is 25.5 Å². The minimum atomic E-state index is -4.46. The van der Waals surface area contributed by atoms with E-state index < -0.39 is 24.8 Å². The van der Waals surface area contributed by atoms with E-state index in [-0.39, 0.29) is 6.54 Å². The number of hydrogen-bond acceptors (Lipinski definition) is 4. The molecule has 0 radical (unpaired) electrons. The number of nitrogens with zero attached hydrogens (tertiary/aromatic N) is 3. The van der Waals surface area contributed by atoms with Crippen molar-refractivity contribution < 1.29 is 22.7 Å². The molecular formula is C15H17F3N4O2. The van der Waals surface area contributed by atoms with Gasteiger partial charge in [0.2, 0.25) is 5.91 Å². The molecule has 2 aromatic rings. The molecule has 2 rings (SSSR count). The summed E-state index contributed by atoms with van der Waals surface area (Å²) in [6, 6.07) is 3.53. The molecule has 9 heteroatoms. The van der Waals surface area contributed by atoms with Gasteiger partial charge in [-0.3, -0.25) is 9.36 Å². The zero-order valence-corrected chi connectivity index (χ0v) is 13.2. The highest BCUT2D eigenvalue weighted by Crippen LogP contribution is 2.15. The largest absolute Gasteiger partial charge is 0.411 e. The molecule has 1 unspecified atom stereocenters. The Morgan fingerprint density at radius 1 is 1.38 bits per heavy atom. The lowest BCUT2D eigenvalue weighted by molar-refractivity contribution is -0.185. The van der Waals surface area contributed by atoms with Crippen molar-refractivity contribution in [3.63, 3.8) is 0 Å². The summed E-state index contributed by atoms with van der Waals surface area (Å²) in [6.07, 6.45) is -0.630. The van der Waals surface area contributed by atoms with Gasteiger partial charge in [0.15, 0.2) is 0 Å². The molecule has 1 atom stereocenters. The minimum Gasteiger partial charge on any atom is -0.359 e. The summed E-state index contributed by atoms with van der Waals surface area (Å²) < 4.78 is 42.4. The predicted molar refractivity (Wildman–Crippen MR) is 79.4 cm³/mol. The minimum absolute atomic E-state index is 0.148. The fourth-order valence-electron chi connectivity index (χ4n) is 1.91. The zero-order chi connectivity index (χ0) is 17.7. The van der Waals surface area contributed by atoms with Gasteiger partial charge in [-0.25, -0.2) is 9.97 Å². The Balaban J connectivity index is 1.86. The summed E-state index contributed by atoms with van der Waals surface area (Å²) in [6.45, 7) is 1.80. The van der Waals surface area contributed by atoms with Crippen LogP contribution in [0.15, 0.2) is 30.7 Å². The molecule has 0 spiro atoms. The van der Waals surface area contributed by atoms with Crippen LogP contribution in [0.25, 0.3) is 5.82 Å². The van der Waals surface area contributed by atoms with Gasteiger partial charge in [-0.1, -0.05) is 6.07 Å². The molecule has 0 fully saturated rings. The number of carbonyl (C=O) groups is 1. The number of aryl methyl sites for hydroxylation is 1. The molecule has 130 valence electrons. The molecule has 0 saturated heterocycles. The molecule has 0 saturated carbocycles. The first-order chi connectivity index (χ1) is 11.3. The predicted octanol–water partition coefficient (Wildman–Crippen LogP) is 2.16. The van der Waals surface area contributed by atoms with Crippen LogP contribution in [0.3, 0.4) is 0 Å². The maximum atomic E-state index is 12.0. The Morgan fingerprint density at radius 3 is 2.67 bits per heavy atom. The Morgan fingerprint density at radius 2 is 2.12 bits per heavy atom. The molecule has 0 aliphatic heterocycles. The fraction of sp³-hybridized carbons (Fsp3) is 0.400. The van der Waals surface area contributed by atoms with Crippen LogP contribution >= 0.6 is 0 Å². The first kappa shape index (κ1) is 17.9. The van der Waals surface area contributed by atoms with Gasteiger partial charge >= 0.3 is 6.18 Å². The SMILES string of the molecule is Cc1nccn1-c1ccc(CNC(=O)C(C)OCC(F)(F)F)cn1. The van der Waals surface area contributed by atoms with Gasteiger partial charge < -0.3 is 10.1 Å². The van der Waals surface area contributed by atoms with E-state index in [1.165, 1.54) is 6.92 Å². The van der Waals surface area contributed by atoms with E-state index in [9.17, 15) is 18.0 Å². The van der Waals surface area contributed by atoms with E-state index in [1.807, 2.05) is 6.92 Å². The van der Waals surface area contributed by atoms with Crippen molar-refractivity contribution >= 4 is 5.91 Å². The normalized spacial score (nSPS) is 12.9. The highest BCUT2D eigenvalue weighted by atomic mass is 19.4. The molecule has 24 heavy (non-hydrogen) atoms. The van der Waals surface area contributed by atoms with Crippen molar-refractivity contribution in [2.75, 3.05) is 6.61 Å². The van der Waals surface area contributed by atoms with Gasteiger partial charge in [-0.2, -0.15) is 13.2 Å². The second-order valence-electron chi connectivity index (χ2n) is 5.16. The number of amides is 1. The number of rotatable bonds is 6. The second-order valence-corrected chi connectivity index (χ2v) is 5.16. The van der Waals surface area contributed by atoms with E-state index in [0.29, 0.717) is 11.4 Å². The maximum Gasteiger partial charge on any atom is 0.411 e. The van der Waals surface area contributed by atoms with Gasteiger partial charge in [0.1, 0.15) is 24.4 Å². The van der Waals surface area contributed by atoms with Crippen molar-refractivity contribution in [1.29, 1.82) is 0 Å². The number of ether oxygens (including phenoxy) is 1. The van der Waals surface area contributed by atoms with Crippen LogP contribution < -0.4 is 5.32 Å². The summed E-state index contributed by atoms with van der Waals surface area (Å²) in [4.78, 5) is 20.1. The van der Waals surface area contributed by atoms with Gasteiger partial charge in [-0.15, -0.1) is 0 Å². The third-order valence-electron chi connectivity index (χ3n) is 3.21.